The highest BCUT2D eigenvalue weighted by atomic mass is 19.3. The van der Waals surface area contributed by atoms with Crippen molar-refractivity contribution in [2.24, 2.45) is 0 Å². The summed E-state index contributed by atoms with van der Waals surface area (Å²) in [7, 11) is 0. The van der Waals surface area contributed by atoms with Crippen LogP contribution in [0.4, 0.5) is 8.78 Å². The summed E-state index contributed by atoms with van der Waals surface area (Å²) in [4.78, 5) is 10.8. The maximum Gasteiger partial charge on any atom is 0.335 e. The molecule has 2 rings (SSSR count). The zero-order valence-electron chi connectivity index (χ0n) is 9.33. The van der Waals surface area contributed by atoms with Gasteiger partial charge in [0.1, 0.15) is 0 Å². The molecule has 0 heterocycles. The molecule has 2 nitrogen and oxygen atoms in total. The average Bonchev–Trinajstić information content (AvgIpc) is 2.28. The van der Waals surface area contributed by atoms with Crippen molar-refractivity contribution < 1.29 is 18.7 Å². The van der Waals surface area contributed by atoms with E-state index in [4.69, 9.17) is 5.11 Å². The molecule has 1 aliphatic rings. The predicted molar refractivity (Wildman–Crippen MR) is 59.6 cm³/mol. The third-order valence-electron chi connectivity index (χ3n) is 3.25. The van der Waals surface area contributed by atoms with E-state index in [-0.39, 0.29) is 24.3 Å². The third kappa shape index (κ3) is 2.81. The summed E-state index contributed by atoms with van der Waals surface area (Å²) in [5.41, 5.74) is 0.876. The SMILES string of the molecule is O=C(O)c1cccc(C2CCCC(F)(F)C2)c1. The molecular formula is C13H14F2O2. The summed E-state index contributed by atoms with van der Waals surface area (Å²) in [6.45, 7) is 0. The number of carboxylic acids is 1. The van der Waals surface area contributed by atoms with Crippen molar-refractivity contribution in [2.75, 3.05) is 0 Å². The molecule has 17 heavy (non-hydrogen) atoms. The van der Waals surface area contributed by atoms with Crippen LogP contribution < -0.4 is 0 Å². The summed E-state index contributed by atoms with van der Waals surface area (Å²) in [5, 5.41) is 8.86. The summed E-state index contributed by atoms with van der Waals surface area (Å²) in [6.07, 6.45) is 0.978. The molecule has 0 spiro atoms. The van der Waals surface area contributed by atoms with Gasteiger partial charge < -0.3 is 5.11 Å². The van der Waals surface area contributed by atoms with Crippen LogP contribution in [0.3, 0.4) is 0 Å². The van der Waals surface area contributed by atoms with Crippen LogP contribution in [0.25, 0.3) is 0 Å². The van der Waals surface area contributed by atoms with E-state index in [1.807, 2.05) is 0 Å². The smallest absolute Gasteiger partial charge is 0.335 e. The van der Waals surface area contributed by atoms with Crippen LogP contribution in [-0.2, 0) is 0 Å². The predicted octanol–water partition coefficient (Wildman–Crippen LogP) is 3.68. The first kappa shape index (κ1) is 12.0. The number of carbonyl (C=O) groups is 1. The molecule has 0 saturated heterocycles. The Bertz CT molecular complexity index is 429. The van der Waals surface area contributed by atoms with Gasteiger partial charge in [0, 0.05) is 12.8 Å². The van der Waals surface area contributed by atoms with Crippen LogP contribution in [-0.4, -0.2) is 17.0 Å². The van der Waals surface area contributed by atoms with E-state index >= 15 is 0 Å². The average molecular weight is 240 g/mol. The van der Waals surface area contributed by atoms with Crippen LogP contribution in [0.1, 0.15) is 47.5 Å². The fourth-order valence-electron chi connectivity index (χ4n) is 2.38. The molecular weight excluding hydrogens is 226 g/mol. The minimum atomic E-state index is -2.61. The summed E-state index contributed by atoms with van der Waals surface area (Å²) < 4.78 is 26.6. The first-order valence-corrected chi connectivity index (χ1v) is 5.69. The van der Waals surface area contributed by atoms with E-state index < -0.39 is 11.9 Å². The van der Waals surface area contributed by atoms with Crippen LogP contribution in [0, 0.1) is 0 Å². The zero-order valence-corrected chi connectivity index (χ0v) is 9.33. The van der Waals surface area contributed by atoms with Crippen LogP contribution in [0.2, 0.25) is 0 Å². The number of rotatable bonds is 2. The molecule has 1 fully saturated rings. The van der Waals surface area contributed by atoms with Gasteiger partial charge in [-0.15, -0.1) is 0 Å². The van der Waals surface area contributed by atoms with Gasteiger partial charge in [-0.05, 0) is 36.5 Å². The molecule has 1 unspecified atom stereocenters. The maximum absolute atomic E-state index is 13.3. The minimum Gasteiger partial charge on any atom is -0.478 e. The normalized spacial score (nSPS) is 23.3. The molecule has 1 aromatic carbocycles. The van der Waals surface area contributed by atoms with Gasteiger partial charge in [0.15, 0.2) is 0 Å². The second-order valence-electron chi connectivity index (χ2n) is 4.58. The molecule has 92 valence electrons. The molecule has 0 bridgehead atoms. The molecule has 4 heteroatoms. The number of benzene rings is 1. The number of halogens is 2. The lowest BCUT2D eigenvalue weighted by Gasteiger charge is -2.29. The second-order valence-corrected chi connectivity index (χ2v) is 4.58. The van der Waals surface area contributed by atoms with Gasteiger partial charge in [0.05, 0.1) is 5.56 Å². The summed E-state index contributed by atoms with van der Waals surface area (Å²) >= 11 is 0. The van der Waals surface area contributed by atoms with Crippen LogP contribution in [0.15, 0.2) is 24.3 Å². The van der Waals surface area contributed by atoms with Crippen molar-refractivity contribution in [1.29, 1.82) is 0 Å². The molecule has 1 N–H and O–H groups in total. The van der Waals surface area contributed by atoms with Gasteiger partial charge in [-0.1, -0.05) is 12.1 Å². The van der Waals surface area contributed by atoms with E-state index in [0.29, 0.717) is 18.4 Å². The maximum atomic E-state index is 13.3. The van der Waals surface area contributed by atoms with Crippen molar-refractivity contribution in [1.82, 2.24) is 0 Å². The van der Waals surface area contributed by atoms with Crippen LogP contribution >= 0.6 is 0 Å². The van der Waals surface area contributed by atoms with E-state index in [1.165, 1.54) is 12.1 Å². The van der Waals surface area contributed by atoms with E-state index in [0.717, 1.165) is 0 Å². The lowest BCUT2D eigenvalue weighted by atomic mass is 9.81. The first-order valence-electron chi connectivity index (χ1n) is 5.69. The molecule has 0 radical (unpaired) electrons. The van der Waals surface area contributed by atoms with Gasteiger partial charge in [-0.2, -0.15) is 0 Å². The number of carboxylic acid groups (broad SMARTS) is 1. The Hall–Kier alpha value is -1.45. The Morgan fingerprint density at radius 2 is 2.18 bits per heavy atom. The summed E-state index contributed by atoms with van der Waals surface area (Å²) in [6, 6.07) is 6.34. The number of aromatic carboxylic acids is 1. The third-order valence-corrected chi connectivity index (χ3v) is 3.25. The van der Waals surface area contributed by atoms with Gasteiger partial charge in [0.25, 0.3) is 0 Å². The quantitative estimate of drug-likeness (QED) is 0.856. The standard InChI is InChI=1S/C13H14F2O2/c14-13(15)6-2-5-11(8-13)9-3-1-4-10(7-9)12(16)17/h1,3-4,7,11H,2,5-6,8H2,(H,16,17). The lowest BCUT2D eigenvalue weighted by molar-refractivity contribution is -0.0408. The van der Waals surface area contributed by atoms with Crippen molar-refractivity contribution in [3.8, 4) is 0 Å². The van der Waals surface area contributed by atoms with E-state index in [2.05, 4.69) is 0 Å². The van der Waals surface area contributed by atoms with Crippen LogP contribution in [0.5, 0.6) is 0 Å². The number of hydrogen-bond donors (Lipinski definition) is 1. The molecule has 1 saturated carbocycles. The zero-order chi connectivity index (χ0) is 12.5. The lowest BCUT2D eigenvalue weighted by Crippen LogP contribution is -2.25. The monoisotopic (exact) mass is 240 g/mol. The van der Waals surface area contributed by atoms with Crippen molar-refractivity contribution in [2.45, 2.75) is 37.5 Å². The molecule has 0 aromatic heterocycles. The Kier molecular flexibility index (Phi) is 3.13. The molecule has 1 aliphatic carbocycles. The van der Waals surface area contributed by atoms with Crippen molar-refractivity contribution in [3.63, 3.8) is 0 Å². The molecule has 1 atom stereocenters. The molecule has 0 aliphatic heterocycles. The second kappa shape index (κ2) is 4.43. The number of alkyl halides is 2. The van der Waals surface area contributed by atoms with Gasteiger partial charge in [0.2, 0.25) is 5.92 Å². The van der Waals surface area contributed by atoms with Gasteiger partial charge in [-0.25, -0.2) is 13.6 Å². The van der Waals surface area contributed by atoms with Crippen molar-refractivity contribution in [3.05, 3.63) is 35.4 Å². The van der Waals surface area contributed by atoms with E-state index in [9.17, 15) is 13.6 Å². The fraction of sp³-hybridized carbons (Fsp3) is 0.462. The largest absolute Gasteiger partial charge is 0.478 e. The number of hydrogen-bond acceptors (Lipinski definition) is 1. The molecule has 1 aromatic rings. The first-order chi connectivity index (χ1) is 7.98. The Labute approximate surface area is 98.3 Å². The Morgan fingerprint density at radius 3 is 2.82 bits per heavy atom. The highest BCUT2D eigenvalue weighted by Gasteiger charge is 2.36. The van der Waals surface area contributed by atoms with Gasteiger partial charge in [-0.3, -0.25) is 0 Å². The van der Waals surface area contributed by atoms with Gasteiger partial charge >= 0.3 is 5.97 Å². The Morgan fingerprint density at radius 1 is 1.41 bits per heavy atom. The van der Waals surface area contributed by atoms with Crippen molar-refractivity contribution >= 4 is 5.97 Å². The topological polar surface area (TPSA) is 37.3 Å². The molecule has 0 amide bonds. The van der Waals surface area contributed by atoms with E-state index in [1.54, 1.807) is 12.1 Å². The minimum absolute atomic E-state index is 0.0535. The summed E-state index contributed by atoms with van der Waals surface area (Å²) in [5.74, 6) is -3.85. The fourth-order valence-corrected chi connectivity index (χ4v) is 2.38. The highest BCUT2D eigenvalue weighted by molar-refractivity contribution is 5.87. The highest BCUT2D eigenvalue weighted by Crippen LogP contribution is 2.41. The Balaban J connectivity index is 2.22.